The number of aliphatic carboxylic acids is 1. The maximum Gasteiger partial charge on any atom is 0.303 e. The highest BCUT2D eigenvalue weighted by molar-refractivity contribution is 6.30. The fraction of sp³-hybridized carbons (Fsp3) is 0.267. The maximum absolute atomic E-state index is 11.9. The van der Waals surface area contributed by atoms with E-state index in [4.69, 9.17) is 16.7 Å². The number of hydrogen-bond acceptors (Lipinski definition) is 3. The molecule has 0 saturated heterocycles. The molecule has 1 aromatic heterocycles. The van der Waals surface area contributed by atoms with E-state index in [1.54, 1.807) is 23.7 Å². The lowest BCUT2D eigenvalue weighted by Gasteiger charge is -2.13. The molecule has 0 bridgehead atoms. The SMILES string of the molecule is Cc1ccc(Cl)cc1-n1nc(CCC(=O)O)c(=O)cc1C. The Balaban J connectivity index is 2.53. The molecular formula is C15H15ClN2O3. The Bertz CT molecular complexity index is 753. The summed E-state index contributed by atoms with van der Waals surface area (Å²) >= 11 is 6.01. The quantitative estimate of drug-likeness (QED) is 0.942. The van der Waals surface area contributed by atoms with E-state index in [2.05, 4.69) is 5.10 Å². The second-order valence-electron chi connectivity index (χ2n) is 4.83. The predicted octanol–water partition coefficient (Wildman–Crippen LogP) is 2.52. The van der Waals surface area contributed by atoms with Gasteiger partial charge >= 0.3 is 5.97 Å². The number of carboxylic acids is 1. The number of benzene rings is 1. The van der Waals surface area contributed by atoms with E-state index in [1.165, 1.54) is 6.07 Å². The van der Waals surface area contributed by atoms with Crippen LogP contribution in [0, 0.1) is 13.8 Å². The number of carboxylic acid groups (broad SMARTS) is 1. The summed E-state index contributed by atoms with van der Waals surface area (Å²) in [7, 11) is 0. The minimum atomic E-state index is -0.956. The largest absolute Gasteiger partial charge is 0.481 e. The van der Waals surface area contributed by atoms with Gasteiger partial charge in [-0.1, -0.05) is 17.7 Å². The summed E-state index contributed by atoms with van der Waals surface area (Å²) in [6.07, 6.45) is -0.0200. The predicted molar refractivity (Wildman–Crippen MR) is 80.3 cm³/mol. The third-order valence-electron chi connectivity index (χ3n) is 3.15. The number of hydrogen-bond donors (Lipinski definition) is 1. The molecule has 1 N–H and O–H groups in total. The molecule has 2 aromatic rings. The molecule has 6 heteroatoms. The molecule has 21 heavy (non-hydrogen) atoms. The molecule has 0 spiro atoms. The van der Waals surface area contributed by atoms with Crippen molar-refractivity contribution in [1.29, 1.82) is 0 Å². The molecule has 0 aliphatic carbocycles. The number of carbonyl (C=O) groups is 1. The monoisotopic (exact) mass is 306 g/mol. The van der Waals surface area contributed by atoms with Gasteiger partial charge in [-0.15, -0.1) is 0 Å². The molecule has 0 aliphatic heterocycles. The van der Waals surface area contributed by atoms with Crippen LogP contribution in [0.15, 0.2) is 29.1 Å². The van der Waals surface area contributed by atoms with Gasteiger partial charge in [0.05, 0.1) is 12.1 Å². The summed E-state index contributed by atoms with van der Waals surface area (Å²) in [4.78, 5) is 22.5. The van der Waals surface area contributed by atoms with E-state index in [0.29, 0.717) is 10.7 Å². The zero-order valence-electron chi connectivity index (χ0n) is 11.8. The van der Waals surface area contributed by atoms with Crippen LogP contribution in [0.2, 0.25) is 5.02 Å². The van der Waals surface area contributed by atoms with Gasteiger partial charge in [0, 0.05) is 23.2 Å². The summed E-state index contributed by atoms with van der Waals surface area (Å²) in [6, 6.07) is 6.88. The van der Waals surface area contributed by atoms with Gasteiger partial charge in [-0.2, -0.15) is 5.10 Å². The lowest BCUT2D eigenvalue weighted by Crippen LogP contribution is -2.20. The van der Waals surface area contributed by atoms with E-state index >= 15 is 0 Å². The first-order chi connectivity index (χ1) is 9.88. The van der Waals surface area contributed by atoms with E-state index < -0.39 is 5.97 Å². The Labute approximate surface area is 126 Å². The first kappa shape index (κ1) is 15.3. The summed E-state index contributed by atoms with van der Waals surface area (Å²) in [5, 5.41) is 13.6. The minimum absolute atomic E-state index is 0.105. The van der Waals surface area contributed by atoms with Crippen LogP contribution >= 0.6 is 11.6 Å². The van der Waals surface area contributed by atoms with E-state index in [-0.39, 0.29) is 24.0 Å². The number of rotatable bonds is 4. The summed E-state index contributed by atoms with van der Waals surface area (Å²) in [5.41, 5.74) is 2.40. The average Bonchev–Trinajstić information content (AvgIpc) is 2.41. The smallest absolute Gasteiger partial charge is 0.303 e. The molecule has 2 rings (SSSR count). The van der Waals surface area contributed by atoms with Gasteiger partial charge in [0.25, 0.3) is 0 Å². The first-order valence-corrected chi connectivity index (χ1v) is 6.84. The normalized spacial score (nSPS) is 10.6. The van der Waals surface area contributed by atoms with Crippen molar-refractivity contribution in [2.75, 3.05) is 0 Å². The molecule has 1 aromatic carbocycles. The Hall–Kier alpha value is -2.14. The van der Waals surface area contributed by atoms with Crippen molar-refractivity contribution in [3.05, 3.63) is 56.5 Å². The van der Waals surface area contributed by atoms with Gasteiger partial charge < -0.3 is 5.11 Å². The molecule has 0 amide bonds. The Morgan fingerprint density at radius 3 is 2.71 bits per heavy atom. The molecule has 0 aliphatic rings. The van der Waals surface area contributed by atoms with Crippen LogP contribution in [0.4, 0.5) is 0 Å². The molecule has 110 valence electrons. The van der Waals surface area contributed by atoms with E-state index in [1.807, 2.05) is 13.0 Å². The van der Waals surface area contributed by atoms with Crippen LogP contribution < -0.4 is 5.43 Å². The van der Waals surface area contributed by atoms with Gasteiger partial charge in [0.15, 0.2) is 0 Å². The summed E-state index contributed by atoms with van der Waals surface area (Å²) in [6.45, 7) is 3.69. The number of aromatic nitrogens is 2. The second kappa shape index (κ2) is 6.10. The van der Waals surface area contributed by atoms with Crippen LogP contribution in [0.5, 0.6) is 0 Å². The van der Waals surface area contributed by atoms with Crippen molar-refractivity contribution in [3.63, 3.8) is 0 Å². The van der Waals surface area contributed by atoms with Crippen molar-refractivity contribution in [3.8, 4) is 5.69 Å². The molecular weight excluding hydrogens is 292 g/mol. The molecule has 0 saturated carbocycles. The van der Waals surface area contributed by atoms with Gasteiger partial charge in [-0.3, -0.25) is 9.59 Å². The zero-order chi connectivity index (χ0) is 15.6. The highest BCUT2D eigenvalue weighted by Gasteiger charge is 2.11. The first-order valence-electron chi connectivity index (χ1n) is 6.46. The fourth-order valence-corrected chi connectivity index (χ4v) is 2.20. The van der Waals surface area contributed by atoms with Gasteiger partial charge in [0.1, 0.15) is 5.69 Å². The Morgan fingerprint density at radius 2 is 2.05 bits per heavy atom. The maximum atomic E-state index is 11.9. The highest BCUT2D eigenvalue weighted by Crippen LogP contribution is 2.19. The van der Waals surface area contributed by atoms with Crippen molar-refractivity contribution in [1.82, 2.24) is 9.78 Å². The number of halogens is 1. The molecule has 0 unspecified atom stereocenters. The topological polar surface area (TPSA) is 72.2 Å². The summed E-state index contributed by atoms with van der Waals surface area (Å²) < 4.78 is 1.62. The molecule has 0 fully saturated rings. The van der Waals surface area contributed by atoms with Crippen LogP contribution in [-0.2, 0) is 11.2 Å². The highest BCUT2D eigenvalue weighted by atomic mass is 35.5. The van der Waals surface area contributed by atoms with Gasteiger partial charge in [-0.25, -0.2) is 4.68 Å². The second-order valence-corrected chi connectivity index (χ2v) is 5.27. The van der Waals surface area contributed by atoms with Crippen molar-refractivity contribution >= 4 is 17.6 Å². The molecule has 0 radical (unpaired) electrons. The zero-order valence-corrected chi connectivity index (χ0v) is 12.5. The third kappa shape index (κ3) is 3.49. The van der Waals surface area contributed by atoms with Crippen molar-refractivity contribution < 1.29 is 9.90 Å². The number of nitrogens with zero attached hydrogens (tertiary/aromatic N) is 2. The minimum Gasteiger partial charge on any atom is -0.481 e. The van der Waals surface area contributed by atoms with Crippen LogP contribution in [0.25, 0.3) is 5.69 Å². The van der Waals surface area contributed by atoms with Crippen LogP contribution in [0.3, 0.4) is 0 Å². The number of aryl methyl sites for hydroxylation is 3. The molecule has 1 heterocycles. The van der Waals surface area contributed by atoms with Crippen molar-refractivity contribution in [2.24, 2.45) is 0 Å². The molecule has 5 nitrogen and oxygen atoms in total. The van der Waals surface area contributed by atoms with E-state index in [9.17, 15) is 9.59 Å². The Morgan fingerprint density at radius 1 is 1.33 bits per heavy atom. The standard InChI is InChI=1S/C15H15ClN2O3/c1-9-3-4-11(16)8-13(9)18-10(2)7-14(19)12(17-18)5-6-15(20)21/h3-4,7-8H,5-6H2,1-2H3,(H,20,21). The fourth-order valence-electron chi connectivity index (χ4n) is 2.04. The lowest BCUT2D eigenvalue weighted by atomic mass is 10.2. The summed E-state index contributed by atoms with van der Waals surface area (Å²) in [5.74, 6) is -0.956. The molecule has 0 atom stereocenters. The van der Waals surface area contributed by atoms with Gasteiger partial charge in [0.2, 0.25) is 5.43 Å². The average molecular weight is 307 g/mol. The Kier molecular flexibility index (Phi) is 4.43. The lowest BCUT2D eigenvalue weighted by molar-refractivity contribution is -0.136. The van der Waals surface area contributed by atoms with Gasteiger partial charge in [-0.05, 0) is 31.5 Å². The van der Waals surface area contributed by atoms with Crippen LogP contribution in [-0.4, -0.2) is 20.9 Å². The van der Waals surface area contributed by atoms with Crippen LogP contribution in [0.1, 0.15) is 23.4 Å². The van der Waals surface area contributed by atoms with E-state index in [0.717, 1.165) is 11.3 Å². The third-order valence-corrected chi connectivity index (χ3v) is 3.39. The van der Waals surface area contributed by atoms with Crippen molar-refractivity contribution in [2.45, 2.75) is 26.7 Å².